The topological polar surface area (TPSA) is 48.6 Å². The number of methoxy groups -OCH3 is 1. The van der Waals surface area contributed by atoms with E-state index >= 15 is 0 Å². The summed E-state index contributed by atoms with van der Waals surface area (Å²) in [6.07, 6.45) is 11.4. The van der Waals surface area contributed by atoms with Crippen molar-refractivity contribution >= 4 is 11.8 Å². The molecule has 0 aromatic heterocycles. The predicted octanol–water partition coefficient (Wildman–Crippen LogP) is 2.87. The first-order valence-corrected chi connectivity index (χ1v) is 12.8. The maximum absolute atomic E-state index is 5.53. The van der Waals surface area contributed by atoms with Gasteiger partial charge in [0, 0.05) is 43.8 Å². The van der Waals surface area contributed by atoms with Gasteiger partial charge < -0.3 is 9.64 Å². The van der Waals surface area contributed by atoms with Crippen LogP contribution in [0.5, 0.6) is 0 Å². The fraction of sp³-hybridized carbons (Fsp3) is 1.00. The van der Waals surface area contributed by atoms with Crippen molar-refractivity contribution in [3.05, 3.63) is 0 Å². The van der Waals surface area contributed by atoms with E-state index in [-0.39, 0.29) is 0 Å². The Morgan fingerprint density at radius 3 is 2.25 bits per heavy atom. The van der Waals surface area contributed by atoms with Gasteiger partial charge in [0.25, 0.3) is 0 Å². The van der Waals surface area contributed by atoms with E-state index < -0.39 is 0 Å². The van der Waals surface area contributed by atoms with Crippen LogP contribution in [0.2, 0.25) is 0 Å². The molecule has 6 heteroatoms. The highest BCUT2D eigenvalue weighted by molar-refractivity contribution is 7.99. The molecule has 0 aromatic rings. The minimum absolute atomic E-state index is 0.305. The average molecular weight is 413 g/mol. The van der Waals surface area contributed by atoms with Crippen molar-refractivity contribution in [3.8, 4) is 0 Å². The summed E-state index contributed by atoms with van der Waals surface area (Å²) in [6, 6.07) is 0.675. The van der Waals surface area contributed by atoms with Crippen molar-refractivity contribution in [2.45, 2.75) is 82.0 Å². The first-order valence-electron chi connectivity index (χ1n) is 11.7. The second-order valence-corrected chi connectivity index (χ2v) is 10.6. The smallest absolute Gasteiger partial charge is 0.112 e. The molecule has 3 rings (SSSR count). The molecule has 0 bridgehead atoms. The molecule has 164 valence electrons. The molecule has 3 fully saturated rings. The Morgan fingerprint density at radius 2 is 1.64 bits per heavy atom. The highest BCUT2D eigenvalue weighted by Gasteiger charge is 2.31. The molecule has 3 aliphatic rings. The molecule has 0 atom stereocenters. The lowest BCUT2D eigenvalue weighted by molar-refractivity contribution is 0.0415. The highest BCUT2D eigenvalue weighted by Crippen LogP contribution is 2.32. The van der Waals surface area contributed by atoms with Gasteiger partial charge in [-0.15, -0.1) is 0 Å². The minimum atomic E-state index is 0.305. The van der Waals surface area contributed by atoms with Crippen LogP contribution in [0, 0.1) is 11.8 Å². The number of nitrogens with zero attached hydrogens (tertiary/aromatic N) is 1. The summed E-state index contributed by atoms with van der Waals surface area (Å²) in [5.41, 5.74) is 0. The lowest BCUT2D eigenvalue weighted by atomic mass is 9.78. The van der Waals surface area contributed by atoms with Crippen LogP contribution in [0.25, 0.3) is 0 Å². The number of hydrogen-bond acceptors (Lipinski definition) is 6. The van der Waals surface area contributed by atoms with Gasteiger partial charge in [-0.1, -0.05) is 6.92 Å². The van der Waals surface area contributed by atoms with Gasteiger partial charge in [0.05, 0.1) is 6.10 Å². The van der Waals surface area contributed by atoms with Gasteiger partial charge in [-0.05, 0) is 76.8 Å². The third kappa shape index (κ3) is 7.13. The summed E-state index contributed by atoms with van der Waals surface area (Å²) in [5.74, 6) is 2.93. The van der Waals surface area contributed by atoms with Crippen molar-refractivity contribution in [1.29, 1.82) is 0 Å². The summed E-state index contributed by atoms with van der Waals surface area (Å²) in [5, 5.41) is 12.2. The molecule has 2 saturated carbocycles. The van der Waals surface area contributed by atoms with Crippen molar-refractivity contribution in [1.82, 2.24) is 20.9 Å². The van der Waals surface area contributed by atoms with Crippen LogP contribution in [0.15, 0.2) is 0 Å². The van der Waals surface area contributed by atoms with Gasteiger partial charge in [-0.25, -0.2) is 0 Å². The van der Waals surface area contributed by atoms with E-state index in [1.807, 2.05) is 7.11 Å². The molecule has 2 aliphatic carbocycles. The zero-order valence-electron chi connectivity index (χ0n) is 18.4. The van der Waals surface area contributed by atoms with Crippen LogP contribution in [0.3, 0.4) is 0 Å². The van der Waals surface area contributed by atoms with E-state index in [2.05, 4.69) is 46.6 Å². The lowest BCUT2D eigenvalue weighted by Crippen LogP contribution is -2.63. The van der Waals surface area contributed by atoms with Gasteiger partial charge in [0.15, 0.2) is 0 Å². The number of hydrogen-bond donors (Lipinski definition) is 3. The van der Waals surface area contributed by atoms with Gasteiger partial charge in [0.2, 0.25) is 0 Å². The Balaban J connectivity index is 1.27. The Hall–Kier alpha value is 0.150. The molecule has 1 saturated heterocycles. The van der Waals surface area contributed by atoms with Crippen LogP contribution in [-0.2, 0) is 4.74 Å². The summed E-state index contributed by atoms with van der Waals surface area (Å²) >= 11 is 2.20. The number of thioether (sulfide) groups is 1. The molecular formula is C22H44N4OS. The molecule has 5 nitrogen and oxygen atoms in total. The van der Waals surface area contributed by atoms with Crippen LogP contribution >= 0.6 is 11.8 Å². The van der Waals surface area contributed by atoms with Gasteiger partial charge in [-0.2, -0.15) is 11.8 Å². The molecule has 0 aromatic carbocycles. The summed E-state index contributed by atoms with van der Waals surface area (Å²) in [7, 11) is 4.09. The quantitative estimate of drug-likeness (QED) is 0.541. The van der Waals surface area contributed by atoms with E-state index in [9.17, 15) is 0 Å². The second-order valence-electron chi connectivity index (χ2n) is 9.19. The average Bonchev–Trinajstić information content (AvgIpc) is 2.75. The second kappa shape index (κ2) is 12.1. The molecule has 1 heterocycles. The lowest BCUT2D eigenvalue weighted by Gasteiger charge is -2.40. The molecule has 0 spiro atoms. The van der Waals surface area contributed by atoms with E-state index in [1.165, 1.54) is 63.7 Å². The monoisotopic (exact) mass is 412 g/mol. The van der Waals surface area contributed by atoms with Gasteiger partial charge >= 0.3 is 0 Å². The first-order chi connectivity index (χ1) is 13.7. The minimum Gasteiger partial charge on any atom is -0.381 e. The summed E-state index contributed by atoms with van der Waals surface area (Å²) in [6.45, 7) is 6.94. The van der Waals surface area contributed by atoms with E-state index in [4.69, 9.17) is 4.74 Å². The Morgan fingerprint density at radius 1 is 0.964 bits per heavy atom. The molecular weight excluding hydrogens is 368 g/mol. The first kappa shape index (κ1) is 22.8. The molecule has 0 radical (unpaired) electrons. The third-order valence-corrected chi connectivity index (χ3v) is 8.69. The zero-order chi connectivity index (χ0) is 19.8. The number of rotatable bonds is 9. The predicted molar refractivity (Wildman–Crippen MR) is 121 cm³/mol. The van der Waals surface area contributed by atoms with Gasteiger partial charge in [0.1, 0.15) is 6.29 Å². The largest absolute Gasteiger partial charge is 0.381 e. The summed E-state index contributed by atoms with van der Waals surface area (Å²) in [4.78, 5) is 2.41. The van der Waals surface area contributed by atoms with Crippen LogP contribution < -0.4 is 16.0 Å². The van der Waals surface area contributed by atoms with Crippen molar-refractivity contribution in [3.63, 3.8) is 0 Å². The van der Waals surface area contributed by atoms with Crippen molar-refractivity contribution < 1.29 is 4.74 Å². The zero-order valence-corrected chi connectivity index (χ0v) is 19.2. The van der Waals surface area contributed by atoms with Crippen LogP contribution in [0.1, 0.15) is 58.3 Å². The number of nitrogens with one attached hydrogen (secondary N) is 3. The van der Waals surface area contributed by atoms with E-state index in [0.717, 1.165) is 36.7 Å². The molecule has 1 aliphatic heterocycles. The standard InChI is InChI=1S/C22H44N4OS/c1-4-26(2)13-14-28-21-11-7-19(8-12-21)25-22-23-15-18(16-24-22)17-5-9-20(27-3)10-6-17/h17-25H,4-16H2,1-3H3. The van der Waals surface area contributed by atoms with E-state index in [0.29, 0.717) is 18.4 Å². The summed E-state index contributed by atoms with van der Waals surface area (Å²) < 4.78 is 5.53. The van der Waals surface area contributed by atoms with Crippen molar-refractivity contribution in [2.24, 2.45) is 11.8 Å². The molecule has 0 amide bonds. The Bertz CT molecular complexity index is 417. The number of ether oxygens (including phenoxy) is 1. The van der Waals surface area contributed by atoms with Crippen LogP contribution in [-0.4, -0.2) is 74.7 Å². The molecule has 0 unspecified atom stereocenters. The van der Waals surface area contributed by atoms with Crippen LogP contribution in [0.4, 0.5) is 0 Å². The van der Waals surface area contributed by atoms with Crippen molar-refractivity contribution in [2.75, 3.05) is 46.1 Å². The van der Waals surface area contributed by atoms with Gasteiger partial charge in [-0.3, -0.25) is 16.0 Å². The Labute approximate surface area is 177 Å². The van der Waals surface area contributed by atoms with E-state index in [1.54, 1.807) is 0 Å². The molecule has 28 heavy (non-hydrogen) atoms. The molecule has 3 N–H and O–H groups in total. The third-order valence-electron chi connectivity index (χ3n) is 7.33. The SMILES string of the molecule is CCN(C)CCSC1CCC(NC2NCC(C3CCC(OC)CC3)CN2)CC1. The normalized spacial score (nSPS) is 37.3. The maximum atomic E-state index is 5.53. The highest BCUT2D eigenvalue weighted by atomic mass is 32.2. The fourth-order valence-corrected chi connectivity index (χ4v) is 6.45. The fourth-order valence-electron chi connectivity index (χ4n) is 5.09. The maximum Gasteiger partial charge on any atom is 0.112 e. The Kier molecular flexibility index (Phi) is 9.87.